The summed E-state index contributed by atoms with van der Waals surface area (Å²) >= 11 is 1.09. The van der Waals surface area contributed by atoms with Gasteiger partial charge in [-0.25, -0.2) is 10.4 Å². The number of hydrogen-bond acceptors (Lipinski definition) is 5. The van der Waals surface area contributed by atoms with Crippen LogP contribution in [-0.4, -0.2) is 22.9 Å². The van der Waals surface area contributed by atoms with Crippen LogP contribution in [0.1, 0.15) is 11.1 Å². The standard InChI is InChI=1S/C17H12F3N3O2S/c18-17(19,20)12-5-3-4-11(8-12)9-21-23-15(24)10-26-16-22-13-6-1-2-7-14(13)25-16/h1-9H,10H2,(H,23,24)/b21-9+. The molecule has 0 unspecified atom stereocenters. The lowest BCUT2D eigenvalue weighted by Gasteiger charge is -2.06. The summed E-state index contributed by atoms with van der Waals surface area (Å²) in [7, 11) is 0. The van der Waals surface area contributed by atoms with Crippen molar-refractivity contribution in [3.8, 4) is 0 Å². The van der Waals surface area contributed by atoms with Crippen LogP contribution in [0.4, 0.5) is 13.2 Å². The summed E-state index contributed by atoms with van der Waals surface area (Å²) in [4.78, 5) is 16.0. The number of halogens is 3. The lowest BCUT2D eigenvalue weighted by Crippen LogP contribution is -2.19. The van der Waals surface area contributed by atoms with Gasteiger partial charge in [-0.3, -0.25) is 4.79 Å². The Morgan fingerprint density at radius 2 is 2.04 bits per heavy atom. The van der Waals surface area contributed by atoms with Crippen LogP contribution in [0, 0.1) is 0 Å². The quantitative estimate of drug-likeness (QED) is 0.412. The van der Waals surface area contributed by atoms with Crippen molar-refractivity contribution in [2.24, 2.45) is 5.10 Å². The van der Waals surface area contributed by atoms with Crippen molar-refractivity contribution in [2.45, 2.75) is 11.4 Å². The van der Waals surface area contributed by atoms with Crippen LogP contribution < -0.4 is 5.43 Å². The van der Waals surface area contributed by atoms with Gasteiger partial charge in [-0.15, -0.1) is 0 Å². The Bertz CT molecular complexity index is 921. The van der Waals surface area contributed by atoms with E-state index in [4.69, 9.17) is 4.42 Å². The molecule has 0 aliphatic carbocycles. The number of benzene rings is 2. The molecule has 3 rings (SSSR count). The molecule has 0 bridgehead atoms. The van der Waals surface area contributed by atoms with Crippen molar-refractivity contribution in [3.63, 3.8) is 0 Å². The maximum atomic E-state index is 12.6. The Balaban J connectivity index is 1.53. The van der Waals surface area contributed by atoms with Gasteiger partial charge in [-0.05, 0) is 29.8 Å². The number of thioether (sulfide) groups is 1. The average Bonchev–Trinajstić information content (AvgIpc) is 3.02. The van der Waals surface area contributed by atoms with Gasteiger partial charge in [-0.2, -0.15) is 18.3 Å². The zero-order valence-electron chi connectivity index (χ0n) is 13.2. The fourth-order valence-corrected chi connectivity index (χ4v) is 2.68. The normalized spacial score (nSPS) is 12.0. The Hall–Kier alpha value is -2.81. The monoisotopic (exact) mass is 379 g/mol. The first kappa shape index (κ1) is 18.0. The molecule has 0 saturated carbocycles. The van der Waals surface area contributed by atoms with Crippen LogP contribution in [0.25, 0.3) is 11.1 Å². The molecule has 0 spiro atoms. The molecule has 26 heavy (non-hydrogen) atoms. The maximum Gasteiger partial charge on any atom is 0.416 e. The Kier molecular flexibility index (Phi) is 5.27. The van der Waals surface area contributed by atoms with Crippen LogP contribution in [0.3, 0.4) is 0 Å². The molecule has 0 fully saturated rings. The van der Waals surface area contributed by atoms with Gasteiger partial charge in [0.2, 0.25) is 0 Å². The lowest BCUT2D eigenvalue weighted by atomic mass is 10.1. The van der Waals surface area contributed by atoms with Crippen molar-refractivity contribution in [2.75, 3.05) is 5.75 Å². The first-order valence-corrected chi connectivity index (χ1v) is 8.38. The third-order valence-electron chi connectivity index (χ3n) is 3.22. The second-order valence-corrected chi connectivity index (χ2v) is 6.08. The SMILES string of the molecule is O=C(CSc1nc2ccccc2o1)N/N=C/c1cccc(C(F)(F)F)c1. The molecule has 5 nitrogen and oxygen atoms in total. The topological polar surface area (TPSA) is 67.5 Å². The van der Waals surface area contributed by atoms with E-state index in [2.05, 4.69) is 15.5 Å². The van der Waals surface area contributed by atoms with Crippen LogP contribution >= 0.6 is 11.8 Å². The average molecular weight is 379 g/mol. The first-order valence-electron chi connectivity index (χ1n) is 7.39. The zero-order valence-corrected chi connectivity index (χ0v) is 14.0. The number of hydrogen-bond donors (Lipinski definition) is 1. The number of aromatic nitrogens is 1. The molecule has 0 aliphatic rings. The molecule has 0 atom stereocenters. The van der Waals surface area contributed by atoms with E-state index < -0.39 is 17.6 Å². The molecule has 9 heteroatoms. The summed E-state index contributed by atoms with van der Waals surface area (Å²) in [5, 5.41) is 4.01. The van der Waals surface area contributed by atoms with E-state index >= 15 is 0 Å². The molecule has 0 radical (unpaired) electrons. The van der Waals surface area contributed by atoms with Gasteiger partial charge >= 0.3 is 6.18 Å². The summed E-state index contributed by atoms with van der Waals surface area (Å²) in [6.45, 7) is 0. The number of nitrogens with zero attached hydrogens (tertiary/aromatic N) is 2. The van der Waals surface area contributed by atoms with Crippen molar-refractivity contribution in [1.29, 1.82) is 0 Å². The molecular formula is C17H12F3N3O2S. The van der Waals surface area contributed by atoms with E-state index in [9.17, 15) is 18.0 Å². The van der Waals surface area contributed by atoms with E-state index in [0.717, 1.165) is 30.1 Å². The number of oxazole rings is 1. The molecular weight excluding hydrogens is 367 g/mol. The van der Waals surface area contributed by atoms with E-state index in [0.29, 0.717) is 16.3 Å². The Morgan fingerprint density at radius 1 is 1.23 bits per heavy atom. The smallest absolute Gasteiger partial charge is 0.416 e. The first-order chi connectivity index (χ1) is 12.4. The van der Waals surface area contributed by atoms with Crippen LogP contribution in [0.5, 0.6) is 0 Å². The van der Waals surface area contributed by atoms with Crippen LogP contribution in [0.15, 0.2) is 63.3 Å². The number of amides is 1. The molecule has 1 N–H and O–H groups in total. The number of rotatable bonds is 5. The molecule has 134 valence electrons. The minimum atomic E-state index is -4.43. The zero-order chi connectivity index (χ0) is 18.6. The fraction of sp³-hybridized carbons (Fsp3) is 0.118. The molecule has 0 saturated heterocycles. The number of nitrogens with one attached hydrogen (secondary N) is 1. The number of carbonyl (C=O) groups excluding carboxylic acids is 1. The van der Waals surface area contributed by atoms with Gasteiger partial charge in [0.15, 0.2) is 5.58 Å². The van der Waals surface area contributed by atoms with Crippen molar-refractivity contribution in [1.82, 2.24) is 10.4 Å². The fourth-order valence-electron chi connectivity index (χ4n) is 2.05. The highest BCUT2D eigenvalue weighted by molar-refractivity contribution is 7.99. The third-order valence-corrected chi connectivity index (χ3v) is 4.05. The Labute approximate surface area is 150 Å². The van der Waals surface area contributed by atoms with Crippen molar-refractivity contribution in [3.05, 3.63) is 59.7 Å². The molecule has 1 heterocycles. The van der Waals surface area contributed by atoms with E-state index in [1.807, 2.05) is 12.1 Å². The predicted molar refractivity (Wildman–Crippen MR) is 91.9 cm³/mol. The third kappa shape index (κ3) is 4.63. The summed E-state index contributed by atoms with van der Waals surface area (Å²) in [6, 6.07) is 11.8. The predicted octanol–water partition coefficient (Wildman–Crippen LogP) is 4.09. The van der Waals surface area contributed by atoms with E-state index in [1.54, 1.807) is 12.1 Å². The molecule has 1 aromatic heterocycles. The number of carbonyl (C=O) groups is 1. The molecule has 1 amide bonds. The van der Waals surface area contributed by atoms with Crippen LogP contribution in [-0.2, 0) is 11.0 Å². The molecule has 2 aromatic carbocycles. The highest BCUT2D eigenvalue weighted by Crippen LogP contribution is 2.29. The Morgan fingerprint density at radius 3 is 2.81 bits per heavy atom. The number of alkyl halides is 3. The van der Waals surface area contributed by atoms with Gasteiger partial charge in [-0.1, -0.05) is 36.0 Å². The van der Waals surface area contributed by atoms with Crippen LogP contribution in [0.2, 0.25) is 0 Å². The maximum absolute atomic E-state index is 12.6. The van der Waals surface area contributed by atoms with Gasteiger partial charge in [0.05, 0.1) is 17.5 Å². The largest absolute Gasteiger partial charge is 0.431 e. The van der Waals surface area contributed by atoms with Gasteiger partial charge in [0.25, 0.3) is 11.1 Å². The summed E-state index contributed by atoms with van der Waals surface area (Å²) in [5.74, 6) is -0.423. The number of fused-ring (bicyclic) bond motifs is 1. The lowest BCUT2D eigenvalue weighted by molar-refractivity contribution is -0.137. The van der Waals surface area contributed by atoms with Crippen molar-refractivity contribution < 1.29 is 22.4 Å². The summed E-state index contributed by atoms with van der Waals surface area (Å²) in [6.07, 6.45) is -3.28. The number of para-hydroxylation sites is 2. The van der Waals surface area contributed by atoms with Gasteiger partial charge < -0.3 is 4.42 Å². The minimum Gasteiger partial charge on any atom is -0.431 e. The van der Waals surface area contributed by atoms with E-state index in [-0.39, 0.29) is 11.3 Å². The second kappa shape index (κ2) is 7.61. The van der Waals surface area contributed by atoms with Gasteiger partial charge in [0.1, 0.15) is 5.52 Å². The second-order valence-electron chi connectivity index (χ2n) is 5.15. The highest BCUT2D eigenvalue weighted by Gasteiger charge is 2.30. The van der Waals surface area contributed by atoms with E-state index in [1.165, 1.54) is 12.1 Å². The van der Waals surface area contributed by atoms with Gasteiger partial charge in [0, 0.05) is 0 Å². The summed E-state index contributed by atoms with van der Waals surface area (Å²) < 4.78 is 43.3. The minimum absolute atomic E-state index is 0.00670. The highest BCUT2D eigenvalue weighted by atomic mass is 32.2. The molecule has 3 aromatic rings. The van der Waals surface area contributed by atoms with Crippen molar-refractivity contribution >= 4 is 35.0 Å². The summed E-state index contributed by atoms with van der Waals surface area (Å²) in [5.41, 5.74) is 3.02. The number of hydrazone groups is 1. The molecule has 0 aliphatic heterocycles.